The van der Waals surface area contributed by atoms with Crippen LogP contribution in [-0.4, -0.2) is 26.9 Å². The molecule has 0 aliphatic heterocycles. The Kier molecular flexibility index (Phi) is 5.50. The molecule has 1 amide bonds. The highest BCUT2D eigenvalue weighted by molar-refractivity contribution is 7.98. The largest absolute Gasteiger partial charge is 0.310 e. The second-order valence-corrected chi connectivity index (χ2v) is 6.59. The van der Waals surface area contributed by atoms with Gasteiger partial charge in [-0.1, -0.05) is 25.1 Å². The van der Waals surface area contributed by atoms with Crippen LogP contribution in [-0.2, 0) is 4.79 Å². The van der Waals surface area contributed by atoms with Crippen LogP contribution in [0.25, 0.3) is 5.69 Å². The third-order valence-electron chi connectivity index (χ3n) is 3.98. The number of carbonyl (C=O) groups excluding carboxylic acids is 1. The molecule has 2 aromatic heterocycles. The van der Waals surface area contributed by atoms with Crippen LogP contribution in [0.1, 0.15) is 24.8 Å². The van der Waals surface area contributed by atoms with Gasteiger partial charge in [0.1, 0.15) is 5.82 Å². The van der Waals surface area contributed by atoms with Crippen molar-refractivity contribution in [1.29, 1.82) is 0 Å². The lowest BCUT2D eigenvalue weighted by atomic mass is 9.99. The summed E-state index contributed by atoms with van der Waals surface area (Å²) >= 11 is 1.56. The second-order valence-electron chi connectivity index (χ2n) is 5.74. The van der Waals surface area contributed by atoms with Crippen LogP contribution in [0.4, 0.5) is 5.82 Å². The molecule has 128 valence electrons. The van der Waals surface area contributed by atoms with E-state index in [1.807, 2.05) is 55.6 Å². The average Bonchev–Trinajstić information content (AvgIpc) is 3.05. The summed E-state index contributed by atoms with van der Waals surface area (Å²) < 4.78 is 1.76. The van der Waals surface area contributed by atoms with Crippen LogP contribution in [0.3, 0.4) is 0 Å². The lowest BCUT2D eigenvalue weighted by Crippen LogP contribution is -2.17. The number of carbonyl (C=O) groups is 1. The fraction of sp³-hybridized carbons (Fsp3) is 0.211. The summed E-state index contributed by atoms with van der Waals surface area (Å²) in [6, 6.07) is 13.7. The first-order valence-electron chi connectivity index (χ1n) is 8.06. The maximum atomic E-state index is 12.6. The zero-order chi connectivity index (χ0) is 17.6. The molecular formula is C19H20N4OS. The first-order valence-corrected chi connectivity index (χ1v) is 9.28. The third-order valence-corrected chi connectivity index (χ3v) is 4.72. The van der Waals surface area contributed by atoms with Crippen LogP contribution in [0.2, 0.25) is 0 Å². The van der Waals surface area contributed by atoms with E-state index in [4.69, 9.17) is 0 Å². The van der Waals surface area contributed by atoms with E-state index in [-0.39, 0.29) is 11.8 Å². The summed E-state index contributed by atoms with van der Waals surface area (Å²) in [6.07, 6.45) is 7.65. The molecule has 3 rings (SSSR count). The Labute approximate surface area is 151 Å². The number of nitrogens with one attached hydrogen (secondary N) is 1. The van der Waals surface area contributed by atoms with Gasteiger partial charge in [-0.2, -0.15) is 5.10 Å². The number of aromatic nitrogens is 3. The van der Waals surface area contributed by atoms with Gasteiger partial charge in [0.25, 0.3) is 0 Å². The van der Waals surface area contributed by atoms with Crippen molar-refractivity contribution in [2.75, 3.05) is 11.6 Å². The zero-order valence-corrected chi connectivity index (χ0v) is 15.0. The number of amides is 1. The molecule has 0 saturated carbocycles. The molecule has 3 aromatic rings. The Morgan fingerprint density at radius 1 is 1.20 bits per heavy atom. The van der Waals surface area contributed by atoms with Gasteiger partial charge < -0.3 is 5.32 Å². The highest BCUT2D eigenvalue weighted by atomic mass is 32.2. The highest BCUT2D eigenvalue weighted by Gasteiger charge is 2.17. The van der Waals surface area contributed by atoms with Crippen molar-refractivity contribution < 1.29 is 4.79 Å². The van der Waals surface area contributed by atoms with Gasteiger partial charge in [0.05, 0.1) is 16.8 Å². The van der Waals surface area contributed by atoms with E-state index in [1.165, 1.54) is 0 Å². The van der Waals surface area contributed by atoms with Crippen LogP contribution < -0.4 is 5.32 Å². The molecule has 6 heteroatoms. The number of anilines is 1. The van der Waals surface area contributed by atoms with Crippen molar-refractivity contribution in [3.63, 3.8) is 0 Å². The quantitative estimate of drug-likeness (QED) is 0.678. The van der Waals surface area contributed by atoms with E-state index < -0.39 is 0 Å². The maximum Gasteiger partial charge on any atom is 0.226 e. The number of hydrogen-bond donors (Lipinski definition) is 1. The maximum absolute atomic E-state index is 12.6. The van der Waals surface area contributed by atoms with Gasteiger partial charge in [0.15, 0.2) is 0 Å². The summed E-state index contributed by atoms with van der Waals surface area (Å²) in [7, 11) is 0. The minimum absolute atomic E-state index is 0.0303. The smallest absolute Gasteiger partial charge is 0.226 e. The average molecular weight is 352 g/mol. The van der Waals surface area contributed by atoms with Gasteiger partial charge in [0.2, 0.25) is 5.91 Å². The molecule has 1 N–H and O–H groups in total. The zero-order valence-electron chi connectivity index (χ0n) is 14.2. The van der Waals surface area contributed by atoms with E-state index >= 15 is 0 Å². The molecule has 0 bridgehead atoms. The first-order chi connectivity index (χ1) is 12.2. The Hall–Kier alpha value is -2.60. The number of benzene rings is 1. The molecule has 5 nitrogen and oxygen atoms in total. The van der Waals surface area contributed by atoms with Crippen molar-refractivity contribution in [3.8, 4) is 5.69 Å². The normalized spacial score (nSPS) is 11.9. The SMILES string of the molecule is CSc1cnn(-c2ccccc2)c1NC(=O)CC(C)c1ccncc1. The van der Waals surface area contributed by atoms with Crippen LogP contribution in [0.5, 0.6) is 0 Å². The monoisotopic (exact) mass is 352 g/mol. The predicted octanol–water partition coefficient (Wildman–Crippen LogP) is 4.12. The summed E-state index contributed by atoms with van der Waals surface area (Å²) in [6.45, 7) is 2.04. The number of para-hydroxylation sites is 1. The van der Waals surface area contributed by atoms with Crippen molar-refractivity contribution >= 4 is 23.5 Å². The Morgan fingerprint density at radius 2 is 1.92 bits per heavy atom. The third kappa shape index (κ3) is 4.09. The molecular weight excluding hydrogens is 332 g/mol. The van der Waals surface area contributed by atoms with Crippen LogP contribution in [0, 0.1) is 0 Å². The Morgan fingerprint density at radius 3 is 2.60 bits per heavy atom. The first kappa shape index (κ1) is 17.2. The van der Waals surface area contributed by atoms with Crippen molar-refractivity contribution in [2.24, 2.45) is 0 Å². The molecule has 0 aliphatic carbocycles. The molecule has 25 heavy (non-hydrogen) atoms. The lowest BCUT2D eigenvalue weighted by molar-refractivity contribution is -0.116. The van der Waals surface area contributed by atoms with Crippen molar-refractivity contribution in [3.05, 3.63) is 66.6 Å². The Bertz CT molecular complexity index is 833. The summed E-state index contributed by atoms with van der Waals surface area (Å²) in [4.78, 5) is 17.5. The molecule has 0 radical (unpaired) electrons. The molecule has 1 atom stereocenters. The Balaban J connectivity index is 1.78. The lowest BCUT2D eigenvalue weighted by Gasteiger charge is -2.14. The van der Waals surface area contributed by atoms with E-state index in [2.05, 4.69) is 15.4 Å². The number of pyridine rings is 1. The van der Waals surface area contributed by atoms with Crippen molar-refractivity contribution in [1.82, 2.24) is 14.8 Å². The summed E-state index contributed by atoms with van der Waals surface area (Å²) in [5.41, 5.74) is 2.02. The van der Waals surface area contributed by atoms with Gasteiger partial charge in [-0.15, -0.1) is 11.8 Å². The fourth-order valence-corrected chi connectivity index (χ4v) is 3.12. The van der Waals surface area contributed by atoms with E-state index in [0.29, 0.717) is 12.2 Å². The minimum Gasteiger partial charge on any atom is -0.310 e. The topological polar surface area (TPSA) is 59.8 Å². The number of thioether (sulfide) groups is 1. The van der Waals surface area contributed by atoms with E-state index in [9.17, 15) is 4.79 Å². The molecule has 2 heterocycles. The standard InChI is InChI=1S/C19H20N4OS/c1-14(15-8-10-20-11-9-15)12-18(24)22-19-17(25-2)13-21-23(19)16-6-4-3-5-7-16/h3-11,13-14H,12H2,1-2H3,(H,22,24). The fourth-order valence-electron chi connectivity index (χ4n) is 2.63. The molecule has 1 aromatic carbocycles. The molecule has 0 spiro atoms. The molecule has 0 saturated heterocycles. The molecule has 1 unspecified atom stereocenters. The van der Waals surface area contributed by atoms with Gasteiger partial charge in [-0.25, -0.2) is 4.68 Å². The van der Waals surface area contributed by atoms with Gasteiger partial charge >= 0.3 is 0 Å². The minimum atomic E-state index is -0.0303. The van der Waals surface area contributed by atoms with Gasteiger partial charge in [-0.05, 0) is 42.0 Å². The van der Waals surface area contributed by atoms with Crippen LogP contribution >= 0.6 is 11.8 Å². The van der Waals surface area contributed by atoms with E-state index in [0.717, 1.165) is 16.1 Å². The number of rotatable bonds is 6. The van der Waals surface area contributed by atoms with Gasteiger partial charge in [-0.3, -0.25) is 9.78 Å². The molecule has 0 aliphatic rings. The highest BCUT2D eigenvalue weighted by Crippen LogP contribution is 2.28. The summed E-state index contributed by atoms with van der Waals surface area (Å²) in [5.74, 6) is 0.803. The second kappa shape index (κ2) is 7.98. The summed E-state index contributed by atoms with van der Waals surface area (Å²) in [5, 5.41) is 7.45. The number of hydrogen-bond acceptors (Lipinski definition) is 4. The van der Waals surface area contributed by atoms with Crippen LogP contribution in [0.15, 0.2) is 66.0 Å². The molecule has 0 fully saturated rings. The van der Waals surface area contributed by atoms with Crippen molar-refractivity contribution in [2.45, 2.75) is 24.2 Å². The number of nitrogens with zero attached hydrogens (tertiary/aromatic N) is 3. The van der Waals surface area contributed by atoms with Gasteiger partial charge in [0, 0.05) is 18.8 Å². The van der Waals surface area contributed by atoms with E-state index in [1.54, 1.807) is 35.0 Å². The predicted molar refractivity (Wildman–Crippen MR) is 101 cm³/mol.